The van der Waals surface area contributed by atoms with Crippen molar-refractivity contribution in [1.29, 1.82) is 0 Å². The minimum atomic E-state index is -0.974. The van der Waals surface area contributed by atoms with E-state index in [0.29, 0.717) is 16.2 Å². The molecule has 0 bridgehead atoms. The number of anilines is 1. The Hall–Kier alpha value is -1.10. The van der Waals surface area contributed by atoms with E-state index >= 15 is 0 Å². The first-order valence-electron chi connectivity index (χ1n) is 4.63. The molecule has 0 fully saturated rings. The van der Waals surface area contributed by atoms with Crippen LogP contribution >= 0.6 is 15.9 Å². The predicted molar refractivity (Wildman–Crippen MR) is 62.2 cm³/mol. The number of rotatable bonds is 4. The molecule has 5 heteroatoms. The standard InChI is InChI=1S/C10H13BrN2O2/c1-6(2)4-12-9-8(11)3-7(5-13-9)10(14)15/h3,5-6H,4H2,1-2H3,(H,12,13)(H,14,15). The van der Waals surface area contributed by atoms with Crippen LogP contribution in [0.1, 0.15) is 24.2 Å². The summed E-state index contributed by atoms with van der Waals surface area (Å²) in [6.45, 7) is 4.98. The van der Waals surface area contributed by atoms with Crippen LogP contribution in [0.15, 0.2) is 16.7 Å². The Morgan fingerprint density at radius 1 is 1.67 bits per heavy atom. The molecule has 0 saturated carbocycles. The molecule has 0 aliphatic carbocycles. The van der Waals surface area contributed by atoms with Crippen LogP contribution < -0.4 is 5.32 Å². The van der Waals surface area contributed by atoms with Gasteiger partial charge in [0.15, 0.2) is 0 Å². The van der Waals surface area contributed by atoms with E-state index in [1.165, 1.54) is 12.3 Å². The van der Waals surface area contributed by atoms with Crippen LogP contribution in [0.5, 0.6) is 0 Å². The SMILES string of the molecule is CC(C)CNc1ncc(C(=O)O)cc1Br. The molecule has 1 heterocycles. The number of hydrogen-bond acceptors (Lipinski definition) is 3. The Bertz CT molecular complexity index is 366. The fourth-order valence-electron chi connectivity index (χ4n) is 0.986. The van der Waals surface area contributed by atoms with Gasteiger partial charge in [-0.3, -0.25) is 0 Å². The normalized spacial score (nSPS) is 10.4. The molecule has 1 rings (SSSR count). The van der Waals surface area contributed by atoms with E-state index in [0.717, 1.165) is 6.54 Å². The summed E-state index contributed by atoms with van der Waals surface area (Å²) in [6.07, 6.45) is 1.34. The Kier molecular flexibility index (Phi) is 4.08. The van der Waals surface area contributed by atoms with E-state index < -0.39 is 5.97 Å². The van der Waals surface area contributed by atoms with E-state index in [-0.39, 0.29) is 5.56 Å². The smallest absolute Gasteiger partial charge is 0.337 e. The molecule has 0 amide bonds. The summed E-state index contributed by atoms with van der Waals surface area (Å²) in [7, 11) is 0. The van der Waals surface area contributed by atoms with Crippen molar-refractivity contribution in [3.8, 4) is 0 Å². The van der Waals surface area contributed by atoms with Gasteiger partial charge in [-0.25, -0.2) is 9.78 Å². The summed E-state index contributed by atoms with van der Waals surface area (Å²) in [5.74, 6) is 0.213. The van der Waals surface area contributed by atoms with Crippen molar-refractivity contribution in [1.82, 2.24) is 4.98 Å². The molecule has 0 saturated heterocycles. The maximum absolute atomic E-state index is 10.6. The molecule has 0 spiro atoms. The maximum atomic E-state index is 10.6. The lowest BCUT2D eigenvalue weighted by Gasteiger charge is -2.09. The van der Waals surface area contributed by atoms with Crippen LogP contribution in [-0.2, 0) is 0 Å². The highest BCUT2D eigenvalue weighted by molar-refractivity contribution is 9.10. The Morgan fingerprint density at radius 3 is 2.80 bits per heavy atom. The third kappa shape index (κ3) is 3.51. The molecule has 0 aliphatic rings. The van der Waals surface area contributed by atoms with Crippen LogP contribution in [-0.4, -0.2) is 22.6 Å². The zero-order chi connectivity index (χ0) is 11.4. The van der Waals surface area contributed by atoms with E-state index in [1.807, 2.05) is 0 Å². The fraction of sp³-hybridized carbons (Fsp3) is 0.400. The molecule has 1 aromatic rings. The van der Waals surface area contributed by atoms with Crippen LogP contribution in [0.3, 0.4) is 0 Å². The zero-order valence-electron chi connectivity index (χ0n) is 8.62. The fourth-order valence-corrected chi connectivity index (χ4v) is 1.47. The number of hydrogen-bond donors (Lipinski definition) is 2. The molecule has 0 unspecified atom stereocenters. The molecular formula is C10H13BrN2O2. The lowest BCUT2D eigenvalue weighted by atomic mass is 10.2. The molecule has 0 aromatic carbocycles. The second kappa shape index (κ2) is 5.11. The van der Waals surface area contributed by atoms with Crippen molar-refractivity contribution in [2.45, 2.75) is 13.8 Å². The van der Waals surface area contributed by atoms with Gasteiger partial charge in [-0.2, -0.15) is 0 Å². The average Bonchev–Trinajstić information content (AvgIpc) is 2.15. The van der Waals surface area contributed by atoms with Crippen molar-refractivity contribution in [3.63, 3.8) is 0 Å². The van der Waals surface area contributed by atoms with Gasteiger partial charge >= 0.3 is 5.97 Å². The van der Waals surface area contributed by atoms with Gasteiger partial charge in [-0.15, -0.1) is 0 Å². The second-order valence-corrected chi connectivity index (χ2v) is 4.49. The van der Waals surface area contributed by atoms with Crippen LogP contribution in [0.25, 0.3) is 0 Å². The van der Waals surface area contributed by atoms with E-state index in [1.54, 1.807) is 0 Å². The predicted octanol–water partition coefficient (Wildman–Crippen LogP) is 2.61. The number of carboxylic acid groups (broad SMARTS) is 1. The van der Waals surface area contributed by atoms with Gasteiger partial charge in [-0.1, -0.05) is 13.8 Å². The number of aromatic nitrogens is 1. The van der Waals surface area contributed by atoms with Crippen LogP contribution in [0.2, 0.25) is 0 Å². The van der Waals surface area contributed by atoms with Gasteiger partial charge in [-0.05, 0) is 27.9 Å². The summed E-state index contributed by atoms with van der Waals surface area (Å²) in [5, 5.41) is 11.9. The van der Waals surface area contributed by atoms with Gasteiger partial charge in [0.25, 0.3) is 0 Å². The van der Waals surface area contributed by atoms with Crippen molar-refractivity contribution in [2.75, 3.05) is 11.9 Å². The summed E-state index contributed by atoms with van der Waals surface area (Å²) in [6, 6.07) is 1.54. The molecule has 0 atom stereocenters. The summed E-state index contributed by atoms with van der Waals surface area (Å²) in [5.41, 5.74) is 0.178. The van der Waals surface area contributed by atoms with Crippen LogP contribution in [0, 0.1) is 5.92 Å². The lowest BCUT2D eigenvalue weighted by molar-refractivity contribution is 0.0696. The number of halogens is 1. The molecule has 0 aliphatic heterocycles. The molecule has 82 valence electrons. The highest BCUT2D eigenvalue weighted by Crippen LogP contribution is 2.20. The molecule has 1 aromatic heterocycles. The largest absolute Gasteiger partial charge is 0.478 e. The number of carbonyl (C=O) groups is 1. The molecule has 15 heavy (non-hydrogen) atoms. The Balaban J connectivity index is 2.79. The average molecular weight is 273 g/mol. The number of nitrogens with zero attached hydrogens (tertiary/aromatic N) is 1. The quantitative estimate of drug-likeness (QED) is 0.885. The topological polar surface area (TPSA) is 62.2 Å². The minimum absolute atomic E-state index is 0.178. The van der Waals surface area contributed by atoms with E-state index in [4.69, 9.17) is 5.11 Å². The lowest BCUT2D eigenvalue weighted by Crippen LogP contribution is -2.10. The minimum Gasteiger partial charge on any atom is -0.478 e. The van der Waals surface area contributed by atoms with E-state index in [2.05, 4.69) is 40.1 Å². The van der Waals surface area contributed by atoms with Gasteiger partial charge < -0.3 is 10.4 Å². The molecule has 4 nitrogen and oxygen atoms in total. The molecule has 0 radical (unpaired) electrons. The van der Waals surface area contributed by atoms with Gasteiger partial charge in [0.1, 0.15) is 5.82 Å². The molecule has 2 N–H and O–H groups in total. The van der Waals surface area contributed by atoms with Crippen molar-refractivity contribution >= 4 is 27.7 Å². The van der Waals surface area contributed by atoms with Gasteiger partial charge in [0.2, 0.25) is 0 Å². The highest BCUT2D eigenvalue weighted by atomic mass is 79.9. The zero-order valence-corrected chi connectivity index (χ0v) is 10.2. The van der Waals surface area contributed by atoms with Gasteiger partial charge in [0.05, 0.1) is 10.0 Å². The first-order chi connectivity index (χ1) is 7.00. The second-order valence-electron chi connectivity index (χ2n) is 3.63. The summed E-state index contributed by atoms with van der Waals surface area (Å²) < 4.78 is 0.669. The van der Waals surface area contributed by atoms with Crippen molar-refractivity contribution in [2.24, 2.45) is 5.92 Å². The first kappa shape index (κ1) is 12.0. The molecular weight excluding hydrogens is 260 g/mol. The number of pyridine rings is 1. The number of nitrogens with one attached hydrogen (secondary N) is 1. The van der Waals surface area contributed by atoms with E-state index in [9.17, 15) is 4.79 Å². The summed E-state index contributed by atoms with van der Waals surface area (Å²) in [4.78, 5) is 14.7. The van der Waals surface area contributed by atoms with Gasteiger partial charge in [0, 0.05) is 12.7 Å². The highest BCUT2D eigenvalue weighted by Gasteiger charge is 2.07. The summed E-state index contributed by atoms with van der Waals surface area (Å²) >= 11 is 3.28. The number of carboxylic acids is 1. The third-order valence-corrected chi connectivity index (χ3v) is 2.37. The Labute approximate surface area is 96.8 Å². The Morgan fingerprint density at radius 2 is 2.33 bits per heavy atom. The first-order valence-corrected chi connectivity index (χ1v) is 5.42. The van der Waals surface area contributed by atoms with Crippen molar-refractivity contribution in [3.05, 3.63) is 22.3 Å². The maximum Gasteiger partial charge on any atom is 0.337 e. The third-order valence-electron chi connectivity index (χ3n) is 1.77. The van der Waals surface area contributed by atoms with Crippen molar-refractivity contribution < 1.29 is 9.90 Å². The monoisotopic (exact) mass is 272 g/mol. The van der Waals surface area contributed by atoms with Crippen LogP contribution in [0.4, 0.5) is 5.82 Å². The number of aromatic carboxylic acids is 1.